The fourth-order valence-electron chi connectivity index (χ4n) is 0.748. The number of aryl methyl sites for hydroxylation is 1. The van der Waals surface area contributed by atoms with Crippen molar-refractivity contribution < 1.29 is 0 Å². The summed E-state index contributed by atoms with van der Waals surface area (Å²) >= 11 is 1.68. The maximum atomic E-state index is 4.35. The van der Waals surface area contributed by atoms with Gasteiger partial charge in [-0.15, -0.1) is 11.3 Å². The van der Waals surface area contributed by atoms with Gasteiger partial charge in [-0.1, -0.05) is 20.4 Å². The zero-order valence-corrected chi connectivity index (χ0v) is 8.03. The normalized spacial score (nSPS) is 10.5. The van der Waals surface area contributed by atoms with Crippen LogP contribution in [0.25, 0.3) is 5.57 Å². The molecule has 0 radical (unpaired) electrons. The minimum absolute atomic E-state index is 0.501. The lowest BCUT2D eigenvalue weighted by atomic mass is 10.1. The van der Waals surface area contributed by atoms with Gasteiger partial charge in [0.2, 0.25) is 0 Å². The highest BCUT2D eigenvalue weighted by Gasteiger charge is 2.06. The summed E-state index contributed by atoms with van der Waals surface area (Å²) in [6.45, 7) is 10.3. The van der Waals surface area contributed by atoms with Crippen LogP contribution in [0.4, 0.5) is 0 Å². The fourth-order valence-corrected chi connectivity index (χ4v) is 1.67. The number of rotatable bonds is 2. The summed E-state index contributed by atoms with van der Waals surface area (Å²) in [7, 11) is 0. The van der Waals surface area contributed by atoms with Crippen LogP contribution in [0.5, 0.6) is 0 Å². The Morgan fingerprint density at radius 2 is 2.27 bits per heavy atom. The average Bonchev–Trinajstić information content (AvgIpc) is 2.34. The quantitative estimate of drug-likeness (QED) is 0.659. The highest BCUT2D eigenvalue weighted by molar-refractivity contribution is 7.10. The van der Waals surface area contributed by atoms with E-state index in [1.807, 2.05) is 6.92 Å². The number of thiazole rings is 1. The van der Waals surface area contributed by atoms with Crippen LogP contribution in [0.15, 0.2) is 12.0 Å². The van der Waals surface area contributed by atoms with Crippen molar-refractivity contribution in [1.29, 1.82) is 0 Å². The second-order valence-electron chi connectivity index (χ2n) is 2.97. The van der Waals surface area contributed by atoms with Gasteiger partial charge >= 0.3 is 0 Å². The fraction of sp³-hybridized carbons (Fsp3) is 0.444. The Labute approximate surface area is 71.8 Å². The minimum Gasteiger partial charge on any atom is -0.242 e. The molecule has 11 heavy (non-hydrogen) atoms. The largest absolute Gasteiger partial charge is 0.242 e. The lowest BCUT2D eigenvalue weighted by Crippen LogP contribution is -1.90. The number of hydrogen-bond acceptors (Lipinski definition) is 2. The van der Waals surface area contributed by atoms with Crippen LogP contribution in [-0.4, -0.2) is 4.98 Å². The molecule has 0 bridgehead atoms. The van der Waals surface area contributed by atoms with Gasteiger partial charge < -0.3 is 0 Å². The van der Waals surface area contributed by atoms with E-state index in [9.17, 15) is 0 Å². The average molecular weight is 167 g/mol. The van der Waals surface area contributed by atoms with Gasteiger partial charge in [0.15, 0.2) is 0 Å². The summed E-state index contributed by atoms with van der Waals surface area (Å²) in [6, 6.07) is 0. The molecule has 0 N–H and O–H groups in total. The van der Waals surface area contributed by atoms with E-state index in [0.29, 0.717) is 5.92 Å². The molecule has 1 aromatic rings. The van der Waals surface area contributed by atoms with Crippen LogP contribution in [0, 0.1) is 12.8 Å². The van der Waals surface area contributed by atoms with E-state index in [-0.39, 0.29) is 0 Å². The van der Waals surface area contributed by atoms with E-state index < -0.39 is 0 Å². The molecule has 60 valence electrons. The molecule has 1 aromatic heterocycles. The van der Waals surface area contributed by atoms with Gasteiger partial charge in [0.25, 0.3) is 0 Å². The molecule has 1 rings (SSSR count). The first kappa shape index (κ1) is 8.47. The third-order valence-corrected chi connectivity index (χ3v) is 2.63. The number of hydrogen-bond donors (Lipinski definition) is 0. The van der Waals surface area contributed by atoms with Crippen LogP contribution < -0.4 is 0 Å². The summed E-state index contributed by atoms with van der Waals surface area (Å²) in [5, 5.41) is 3.14. The van der Waals surface area contributed by atoms with Crippen molar-refractivity contribution in [2.45, 2.75) is 20.8 Å². The monoisotopic (exact) mass is 167 g/mol. The third-order valence-electron chi connectivity index (χ3n) is 1.59. The van der Waals surface area contributed by atoms with Crippen molar-refractivity contribution in [2.24, 2.45) is 5.92 Å². The highest BCUT2D eigenvalue weighted by Crippen LogP contribution is 2.23. The molecule has 0 saturated carbocycles. The molecule has 0 saturated heterocycles. The molecule has 0 aromatic carbocycles. The maximum Gasteiger partial charge on any atom is 0.119 e. The smallest absolute Gasteiger partial charge is 0.119 e. The first-order valence-electron chi connectivity index (χ1n) is 3.72. The Morgan fingerprint density at radius 1 is 1.64 bits per heavy atom. The molecule has 0 fully saturated rings. The zero-order valence-electron chi connectivity index (χ0n) is 7.22. The van der Waals surface area contributed by atoms with Crippen molar-refractivity contribution in [1.82, 2.24) is 4.98 Å². The molecule has 0 aliphatic rings. The number of nitrogens with zero attached hydrogens (tertiary/aromatic N) is 1. The van der Waals surface area contributed by atoms with Crippen molar-refractivity contribution >= 4 is 16.9 Å². The van der Waals surface area contributed by atoms with Gasteiger partial charge in [-0.05, 0) is 18.4 Å². The van der Waals surface area contributed by atoms with E-state index >= 15 is 0 Å². The van der Waals surface area contributed by atoms with Crippen LogP contribution >= 0.6 is 11.3 Å². The Balaban J connectivity index is 2.85. The van der Waals surface area contributed by atoms with Crippen molar-refractivity contribution in [3.63, 3.8) is 0 Å². The van der Waals surface area contributed by atoms with Gasteiger partial charge in [-0.2, -0.15) is 0 Å². The van der Waals surface area contributed by atoms with E-state index in [4.69, 9.17) is 0 Å². The molecular weight excluding hydrogens is 154 g/mol. The van der Waals surface area contributed by atoms with Crippen molar-refractivity contribution in [3.8, 4) is 0 Å². The molecule has 0 amide bonds. The van der Waals surface area contributed by atoms with Crippen LogP contribution in [0.1, 0.15) is 24.5 Å². The molecule has 1 heterocycles. The highest BCUT2D eigenvalue weighted by atomic mass is 32.1. The SMILES string of the molecule is C=C(c1nc(C)cs1)C(C)C. The Hall–Kier alpha value is -0.630. The molecule has 0 atom stereocenters. The lowest BCUT2D eigenvalue weighted by Gasteiger charge is -2.03. The maximum absolute atomic E-state index is 4.35. The second-order valence-corrected chi connectivity index (χ2v) is 3.83. The second kappa shape index (κ2) is 3.18. The van der Waals surface area contributed by atoms with Crippen LogP contribution in [-0.2, 0) is 0 Å². The van der Waals surface area contributed by atoms with Gasteiger partial charge in [0.05, 0.1) is 0 Å². The predicted molar refractivity (Wildman–Crippen MR) is 50.7 cm³/mol. The van der Waals surface area contributed by atoms with Gasteiger partial charge in [0, 0.05) is 11.1 Å². The molecule has 0 aliphatic heterocycles. The predicted octanol–water partition coefficient (Wildman–Crippen LogP) is 3.12. The molecular formula is C9H13NS. The van der Waals surface area contributed by atoms with Gasteiger partial charge in [-0.3, -0.25) is 0 Å². The molecule has 0 unspecified atom stereocenters. The first-order valence-corrected chi connectivity index (χ1v) is 4.60. The first-order chi connectivity index (χ1) is 5.11. The Kier molecular flexibility index (Phi) is 2.45. The number of aromatic nitrogens is 1. The summed E-state index contributed by atoms with van der Waals surface area (Å²) in [5.74, 6) is 0.501. The van der Waals surface area contributed by atoms with Crippen molar-refractivity contribution in [2.75, 3.05) is 0 Å². The standard InChI is InChI=1S/C9H13NS/c1-6(2)8(4)9-10-7(3)5-11-9/h5-6H,4H2,1-3H3. The topological polar surface area (TPSA) is 12.9 Å². The van der Waals surface area contributed by atoms with Crippen LogP contribution in [0.2, 0.25) is 0 Å². The summed E-state index contributed by atoms with van der Waals surface area (Å²) < 4.78 is 0. The molecule has 1 nitrogen and oxygen atoms in total. The van der Waals surface area contributed by atoms with Gasteiger partial charge in [-0.25, -0.2) is 4.98 Å². The Bertz CT molecular complexity index is 260. The summed E-state index contributed by atoms with van der Waals surface area (Å²) in [5.41, 5.74) is 2.23. The molecule has 2 heteroatoms. The summed E-state index contributed by atoms with van der Waals surface area (Å²) in [6.07, 6.45) is 0. The van der Waals surface area contributed by atoms with Gasteiger partial charge in [0.1, 0.15) is 5.01 Å². The van der Waals surface area contributed by atoms with E-state index in [2.05, 4.69) is 30.8 Å². The minimum atomic E-state index is 0.501. The van der Waals surface area contributed by atoms with E-state index in [0.717, 1.165) is 16.3 Å². The molecule has 0 aliphatic carbocycles. The zero-order chi connectivity index (χ0) is 8.43. The third kappa shape index (κ3) is 1.90. The molecule has 0 spiro atoms. The van der Waals surface area contributed by atoms with Crippen molar-refractivity contribution in [3.05, 3.63) is 22.7 Å². The van der Waals surface area contributed by atoms with E-state index in [1.54, 1.807) is 11.3 Å². The Morgan fingerprint density at radius 3 is 2.64 bits per heavy atom. The van der Waals surface area contributed by atoms with E-state index in [1.165, 1.54) is 0 Å². The van der Waals surface area contributed by atoms with Crippen LogP contribution in [0.3, 0.4) is 0 Å². The lowest BCUT2D eigenvalue weighted by molar-refractivity contribution is 0.855. The number of allylic oxidation sites excluding steroid dienone is 1. The summed E-state index contributed by atoms with van der Waals surface area (Å²) in [4.78, 5) is 4.35.